The van der Waals surface area contributed by atoms with E-state index in [0.717, 1.165) is 0 Å². The Morgan fingerprint density at radius 1 is 1.24 bits per heavy atom. The molecule has 0 spiro atoms. The van der Waals surface area contributed by atoms with Gasteiger partial charge in [-0.15, -0.1) is 0 Å². The van der Waals surface area contributed by atoms with Crippen molar-refractivity contribution in [2.45, 2.75) is 9.96 Å². The second-order valence-corrected chi connectivity index (χ2v) is 6.05. The van der Waals surface area contributed by atoms with E-state index in [1.54, 1.807) is 31.3 Å². The molecular weight excluding hydrogens is 306 g/mol. The fourth-order valence-electron chi connectivity index (χ4n) is 1.13. The van der Waals surface area contributed by atoms with Gasteiger partial charge in [-0.3, -0.25) is 10.1 Å². The fourth-order valence-corrected chi connectivity index (χ4v) is 1.75. The molecule has 17 heavy (non-hydrogen) atoms. The van der Waals surface area contributed by atoms with Crippen molar-refractivity contribution in [3.05, 3.63) is 34.9 Å². The molecule has 3 nitrogen and oxygen atoms in total. The average molecular weight is 316 g/mol. The third-order valence-electron chi connectivity index (χ3n) is 2.00. The Kier molecular flexibility index (Phi) is 5.35. The standard InChI is InChI=1S/C10H10Cl4N2O/c1-15-9(10(12,13)14)16-8(17)6-2-4-7(11)5-3-6/h2-5,9,15H,1H3,(H,16,17). The molecule has 0 aliphatic rings. The SMILES string of the molecule is CNC(NC(=O)c1ccc(Cl)cc1)C(Cl)(Cl)Cl. The van der Waals surface area contributed by atoms with Crippen molar-refractivity contribution in [3.8, 4) is 0 Å². The molecular formula is C10H10Cl4N2O. The van der Waals surface area contributed by atoms with E-state index >= 15 is 0 Å². The maximum absolute atomic E-state index is 11.8. The van der Waals surface area contributed by atoms with Gasteiger partial charge in [0, 0.05) is 10.6 Å². The van der Waals surface area contributed by atoms with E-state index in [1.165, 1.54) is 0 Å². The van der Waals surface area contributed by atoms with Crippen LogP contribution >= 0.6 is 46.4 Å². The van der Waals surface area contributed by atoms with Gasteiger partial charge < -0.3 is 5.32 Å². The second-order valence-electron chi connectivity index (χ2n) is 3.24. The van der Waals surface area contributed by atoms with Crippen LogP contribution in [0.5, 0.6) is 0 Å². The van der Waals surface area contributed by atoms with E-state index in [-0.39, 0.29) is 5.91 Å². The summed E-state index contributed by atoms with van der Waals surface area (Å²) in [5, 5.41) is 5.80. The Morgan fingerprint density at radius 2 is 1.76 bits per heavy atom. The topological polar surface area (TPSA) is 41.1 Å². The Hall–Kier alpha value is -0.190. The molecule has 1 amide bonds. The minimum Gasteiger partial charge on any atom is -0.333 e. The Bertz CT molecular complexity index is 388. The van der Waals surface area contributed by atoms with Crippen molar-refractivity contribution >= 4 is 52.3 Å². The highest BCUT2D eigenvalue weighted by molar-refractivity contribution is 6.68. The van der Waals surface area contributed by atoms with E-state index in [9.17, 15) is 4.79 Å². The zero-order valence-electron chi connectivity index (χ0n) is 8.81. The number of carbonyl (C=O) groups excluding carboxylic acids is 1. The van der Waals surface area contributed by atoms with Crippen molar-refractivity contribution in [2.24, 2.45) is 0 Å². The summed E-state index contributed by atoms with van der Waals surface area (Å²) in [5.74, 6) is -0.354. The van der Waals surface area contributed by atoms with Crippen molar-refractivity contribution < 1.29 is 4.79 Å². The van der Waals surface area contributed by atoms with Gasteiger partial charge in [0.15, 0.2) is 0 Å². The summed E-state index contributed by atoms with van der Waals surface area (Å²) in [6, 6.07) is 6.39. The number of benzene rings is 1. The zero-order valence-corrected chi connectivity index (χ0v) is 11.8. The maximum atomic E-state index is 11.8. The molecule has 0 aliphatic carbocycles. The highest BCUT2D eigenvalue weighted by Gasteiger charge is 2.32. The van der Waals surface area contributed by atoms with Gasteiger partial charge in [-0.1, -0.05) is 46.4 Å². The van der Waals surface area contributed by atoms with E-state index < -0.39 is 9.96 Å². The summed E-state index contributed by atoms with van der Waals surface area (Å²) in [6.07, 6.45) is -0.782. The fraction of sp³-hybridized carbons (Fsp3) is 0.300. The maximum Gasteiger partial charge on any atom is 0.252 e. The third-order valence-corrected chi connectivity index (χ3v) is 2.90. The second kappa shape index (κ2) is 6.12. The molecule has 0 heterocycles. The van der Waals surface area contributed by atoms with Crippen molar-refractivity contribution in [2.75, 3.05) is 7.05 Å². The van der Waals surface area contributed by atoms with Gasteiger partial charge in [-0.2, -0.15) is 0 Å². The normalized spacial score (nSPS) is 13.2. The largest absolute Gasteiger partial charge is 0.333 e. The van der Waals surface area contributed by atoms with Crippen LogP contribution in [0, 0.1) is 0 Å². The first kappa shape index (κ1) is 14.9. The van der Waals surface area contributed by atoms with Crippen molar-refractivity contribution in [3.63, 3.8) is 0 Å². The summed E-state index contributed by atoms with van der Waals surface area (Å²) in [5.41, 5.74) is 0.434. The highest BCUT2D eigenvalue weighted by Crippen LogP contribution is 2.29. The molecule has 1 unspecified atom stereocenters. The van der Waals surface area contributed by atoms with Crippen LogP contribution in [0.4, 0.5) is 0 Å². The zero-order chi connectivity index (χ0) is 13.1. The Balaban J connectivity index is 2.75. The van der Waals surface area contributed by atoms with Crippen LogP contribution < -0.4 is 10.6 Å². The average Bonchev–Trinajstić information content (AvgIpc) is 2.24. The summed E-state index contributed by atoms with van der Waals surface area (Å²) in [7, 11) is 1.58. The number of hydrogen-bond acceptors (Lipinski definition) is 2. The van der Waals surface area contributed by atoms with Gasteiger partial charge in [-0.05, 0) is 31.3 Å². The van der Waals surface area contributed by atoms with Crippen LogP contribution in [0.15, 0.2) is 24.3 Å². The number of halogens is 4. The van der Waals surface area contributed by atoms with Crippen LogP contribution in [0.2, 0.25) is 5.02 Å². The summed E-state index contributed by atoms with van der Waals surface area (Å²) in [4.78, 5) is 11.8. The van der Waals surface area contributed by atoms with Crippen molar-refractivity contribution in [1.82, 2.24) is 10.6 Å². The molecule has 1 aromatic carbocycles. The van der Waals surface area contributed by atoms with Gasteiger partial charge in [0.05, 0.1) is 0 Å². The molecule has 2 N–H and O–H groups in total. The summed E-state index contributed by atoms with van der Waals surface area (Å²) >= 11 is 22.8. The molecule has 0 bridgehead atoms. The molecule has 7 heteroatoms. The van der Waals surface area contributed by atoms with Gasteiger partial charge in [0.2, 0.25) is 3.79 Å². The number of amides is 1. The van der Waals surface area contributed by atoms with E-state index in [4.69, 9.17) is 46.4 Å². The molecule has 0 aromatic heterocycles. The van der Waals surface area contributed by atoms with Crippen molar-refractivity contribution in [1.29, 1.82) is 0 Å². The molecule has 0 saturated carbocycles. The number of nitrogens with one attached hydrogen (secondary N) is 2. The third kappa shape index (κ3) is 4.53. The molecule has 94 valence electrons. The van der Waals surface area contributed by atoms with Crippen LogP contribution in [0.3, 0.4) is 0 Å². The highest BCUT2D eigenvalue weighted by atomic mass is 35.6. The molecule has 1 atom stereocenters. The number of rotatable bonds is 3. The number of carbonyl (C=O) groups is 1. The van der Waals surface area contributed by atoms with E-state index in [2.05, 4.69) is 10.6 Å². The predicted molar refractivity (Wildman–Crippen MR) is 72.1 cm³/mol. The Labute approximate surface area is 119 Å². The van der Waals surface area contributed by atoms with E-state index in [0.29, 0.717) is 10.6 Å². The lowest BCUT2D eigenvalue weighted by atomic mass is 10.2. The monoisotopic (exact) mass is 314 g/mol. The van der Waals surface area contributed by atoms with E-state index in [1.807, 2.05) is 0 Å². The van der Waals surface area contributed by atoms with Gasteiger partial charge in [0.25, 0.3) is 5.91 Å². The summed E-state index contributed by atoms with van der Waals surface area (Å²) in [6.45, 7) is 0. The summed E-state index contributed by atoms with van der Waals surface area (Å²) < 4.78 is -1.63. The molecule has 0 aliphatic heterocycles. The first-order chi connectivity index (χ1) is 7.84. The Morgan fingerprint density at radius 3 is 2.18 bits per heavy atom. The minimum atomic E-state index is -1.63. The first-order valence-electron chi connectivity index (χ1n) is 4.65. The predicted octanol–water partition coefficient (Wildman–Crippen LogP) is 2.99. The minimum absolute atomic E-state index is 0.354. The van der Waals surface area contributed by atoms with Gasteiger partial charge in [0.1, 0.15) is 6.17 Å². The van der Waals surface area contributed by atoms with Crippen LogP contribution in [-0.2, 0) is 0 Å². The molecule has 1 rings (SSSR count). The lowest BCUT2D eigenvalue weighted by Crippen LogP contribution is -2.51. The molecule has 0 fully saturated rings. The van der Waals surface area contributed by atoms with Crippen LogP contribution in [-0.4, -0.2) is 22.9 Å². The van der Waals surface area contributed by atoms with Gasteiger partial charge >= 0.3 is 0 Å². The quantitative estimate of drug-likeness (QED) is 0.665. The van der Waals surface area contributed by atoms with Crippen LogP contribution in [0.25, 0.3) is 0 Å². The molecule has 0 saturated heterocycles. The van der Waals surface area contributed by atoms with Gasteiger partial charge in [-0.25, -0.2) is 0 Å². The smallest absolute Gasteiger partial charge is 0.252 e. The first-order valence-corrected chi connectivity index (χ1v) is 6.16. The lowest BCUT2D eigenvalue weighted by molar-refractivity contribution is 0.0931. The molecule has 0 radical (unpaired) electrons. The molecule has 1 aromatic rings. The number of hydrogen-bond donors (Lipinski definition) is 2. The lowest BCUT2D eigenvalue weighted by Gasteiger charge is -2.24. The van der Waals surface area contributed by atoms with Crippen LogP contribution in [0.1, 0.15) is 10.4 Å². The number of alkyl halides is 3.